The minimum absolute atomic E-state index is 0.0359. The van der Waals surface area contributed by atoms with Crippen LogP contribution in [0.4, 0.5) is 0 Å². The van der Waals surface area contributed by atoms with Crippen molar-refractivity contribution in [2.45, 2.75) is 52.6 Å². The van der Waals surface area contributed by atoms with Gasteiger partial charge in [0.05, 0.1) is 11.1 Å². The fourth-order valence-corrected chi connectivity index (χ4v) is 2.81. The topological polar surface area (TPSA) is 54.6 Å². The number of hydrogen-bond acceptors (Lipinski definition) is 3. The Bertz CT molecular complexity index is 837. The number of pyridine rings is 1. The molecule has 1 aliphatic rings. The number of aryl methyl sites for hydroxylation is 1. The first-order valence-electron chi connectivity index (χ1n) is 8.18. The number of hydrogen-bond donors (Lipinski definition) is 1. The Kier molecular flexibility index (Phi) is 3.78. The van der Waals surface area contributed by atoms with Gasteiger partial charge in [0.25, 0.3) is 5.56 Å². The number of aliphatic imine (C=N–C) groups is 1. The molecule has 0 atom stereocenters. The molecule has 1 aromatic heterocycles. The highest BCUT2D eigenvalue weighted by Crippen LogP contribution is 2.33. The molecule has 23 heavy (non-hydrogen) atoms. The Morgan fingerprint density at radius 1 is 1.35 bits per heavy atom. The van der Waals surface area contributed by atoms with E-state index in [9.17, 15) is 9.90 Å². The fraction of sp³-hybridized carbons (Fsp3) is 0.474. The normalized spacial score (nSPS) is 15.7. The first-order valence-corrected chi connectivity index (χ1v) is 8.18. The van der Waals surface area contributed by atoms with Gasteiger partial charge in [-0.25, -0.2) is 0 Å². The largest absolute Gasteiger partial charge is 0.506 e. The van der Waals surface area contributed by atoms with Gasteiger partial charge >= 0.3 is 0 Å². The van der Waals surface area contributed by atoms with Gasteiger partial charge in [-0.2, -0.15) is 0 Å². The molecule has 2 aromatic rings. The van der Waals surface area contributed by atoms with E-state index in [4.69, 9.17) is 0 Å². The Morgan fingerprint density at radius 2 is 2.04 bits per heavy atom. The average Bonchev–Trinajstić information content (AvgIpc) is 3.26. The van der Waals surface area contributed by atoms with Crippen LogP contribution >= 0.6 is 0 Å². The van der Waals surface area contributed by atoms with Crippen molar-refractivity contribution in [2.75, 3.05) is 0 Å². The van der Waals surface area contributed by atoms with Crippen LogP contribution in [0, 0.1) is 12.8 Å². The molecule has 1 N–H and O–H groups in total. The predicted molar refractivity (Wildman–Crippen MR) is 94.7 cm³/mol. The molecule has 122 valence electrons. The fourth-order valence-electron chi connectivity index (χ4n) is 2.81. The van der Waals surface area contributed by atoms with E-state index in [-0.39, 0.29) is 16.8 Å². The van der Waals surface area contributed by atoms with E-state index in [1.54, 1.807) is 0 Å². The van der Waals surface area contributed by atoms with Crippen molar-refractivity contribution in [3.05, 3.63) is 39.7 Å². The Hall–Kier alpha value is -2.10. The molecule has 1 heterocycles. The number of benzene rings is 1. The smallest absolute Gasteiger partial charge is 0.263 e. The van der Waals surface area contributed by atoms with Crippen LogP contribution in [-0.4, -0.2) is 21.4 Å². The number of aromatic nitrogens is 1. The summed E-state index contributed by atoms with van der Waals surface area (Å²) in [6.45, 7) is 8.60. The number of rotatable bonds is 3. The summed E-state index contributed by atoms with van der Waals surface area (Å²) in [7, 11) is 0. The van der Waals surface area contributed by atoms with Crippen molar-refractivity contribution in [1.82, 2.24) is 4.57 Å². The van der Waals surface area contributed by atoms with Crippen LogP contribution in [0.15, 0.2) is 28.0 Å². The zero-order valence-electron chi connectivity index (χ0n) is 14.3. The van der Waals surface area contributed by atoms with Crippen LogP contribution in [0.1, 0.15) is 44.7 Å². The molecule has 0 radical (unpaired) electrons. The van der Waals surface area contributed by atoms with Crippen molar-refractivity contribution in [3.8, 4) is 5.75 Å². The number of para-hydroxylation sites is 1. The van der Waals surface area contributed by atoms with Gasteiger partial charge in [0.1, 0.15) is 11.3 Å². The third-order valence-corrected chi connectivity index (χ3v) is 4.21. The monoisotopic (exact) mass is 312 g/mol. The molecule has 4 heteroatoms. The van der Waals surface area contributed by atoms with Crippen molar-refractivity contribution >= 4 is 17.1 Å². The Labute approximate surface area is 136 Å². The van der Waals surface area contributed by atoms with Crippen molar-refractivity contribution in [3.63, 3.8) is 0 Å². The van der Waals surface area contributed by atoms with Crippen molar-refractivity contribution in [1.29, 1.82) is 0 Å². The Balaban J connectivity index is 2.28. The first-order chi connectivity index (χ1) is 10.8. The van der Waals surface area contributed by atoms with E-state index in [0.717, 1.165) is 23.0 Å². The summed E-state index contributed by atoms with van der Waals surface area (Å²) in [5.74, 6) is 0.612. The lowest BCUT2D eigenvalue weighted by atomic mass is 10.1. The van der Waals surface area contributed by atoms with Gasteiger partial charge in [0.15, 0.2) is 0 Å². The molecule has 4 nitrogen and oxygen atoms in total. The summed E-state index contributed by atoms with van der Waals surface area (Å²) in [6, 6.07) is 5.76. The lowest BCUT2D eigenvalue weighted by Crippen LogP contribution is -2.26. The highest BCUT2D eigenvalue weighted by atomic mass is 16.3. The van der Waals surface area contributed by atoms with E-state index in [0.29, 0.717) is 11.5 Å². The van der Waals surface area contributed by atoms with Crippen molar-refractivity contribution < 1.29 is 5.11 Å². The van der Waals surface area contributed by atoms with Crippen LogP contribution in [-0.2, 0) is 6.54 Å². The van der Waals surface area contributed by atoms with Gasteiger partial charge in [-0.3, -0.25) is 9.79 Å². The summed E-state index contributed by atoms with van der Waals surface area (Å²) < 4.78 is 1.83. The van der Waals surface area contributed by atoms with Crippen LogP contribution in [0.25, 0.3) is 10.9 Å². The lowest BCUT2D eigenvalue weighted by Gasteiger charge is -2.16. The maximum atomic E-state index is 12.9. The van der Waals surface area contributed by atoms with Gasteiger partial charge in [-0.15, -0.1) is 0 Å². The minimum atomic E-state index is -0.290. The predicted octanol–water partition coefficient (Wildman–Crippen LogP) is 3.64. The lowest BCUT2D eigenvalue weighted by molar-refractivity contribution is 0.476. The zero-order valence-corrected chi connectivity index (χ0v) is 14.3. The van der Waals surface area contributed by atoms with Crippen LogP contribution in [0.2, 0.25) is 0 Å². The molecule has 1 fully saturated rings. The first kappa shape index (κ1) is 15.8. The molecule has 0 bridgehead atoms. The second-order valence-electron chi connectivity index (χ2n) is 7.52. The quantitative estimate of drug-likeness (QED) is 0.880. The molecule has 0 amide bonds. The molecule has 1 aromatic carbocycles. The molecule has 0 spiro atoms. The highest BCUT2D eigenvalue weighted by Gasteiger charge is 2.25. The number of nitrogens with zero attached hydrogens (tertiary/aromatic N) is 2. The van der Waals surface area contributed by atoms with Gasteiger partial charge in [-0.05, 0) is 58.1 Å². The van der Waals surface area contributed by atoms with E-state index in [1.165, 1.54) is 19.1 Å². The number of aromatic hydroxyl groups is 1. The SMILES string of the molecule is Cc1cccc2c(O)c(C=NC(C)(C)C)c(=O)n(CC3CC3)c12. The molecular formula is C19H24N2O2. The summed E-state index contributed by atoms with van der Waals surface area (Å²) >= 11 is 0. The molecule has 3 rings (SSSR count). The second kappa shape index (κ2) is 5.52. The van der Waals surface area contributed by atoms with Crippen LogP contribution in [0.3, 0.4) is 0 Å². The zero-order chi connectivity index (χ0) is 16.8. The third-order valence-electron chi connectivity index (χ3n) is 4.21. The summed E-state index contributed by atoms with van der Waals surface area (Å²) in [6.07, 6.45) is 3.88. The minimum Gasteiger partial charge on any atom is -0.506 e. The van der Waals surface area contributed by atoms with Gasteiger partial charge in [0, 0.05) is 18.1 Å². The van der Waals surface area contributed by atoms with Crippen LogP contribution < -0.4 is 5.56 Å². The highest BCUT2D eigenvalue weighted by molar-refractivity contribution is 5.96. The van der Waals surface area contributed by atoms with Gasteiger partial charge < -0.3 is 9.67 Å². The molecule has 1 aliphatic carbocycles. The summed E-state index contributed by atoms with van der Waals surface area (Å²) in [5, 5.41) is 11.3. The maximum absolute atomic E-state index is 12.9. The van der Waals surface area contributed by atoms with Crippen molar-refractivity contribution in [2.24, 2.45) is 10.9 Å². The van der Waals surface area contributed by atoms with E-state index in [2.05, 4.69) is 4.99 Å². The summed E-state index contributed by atoms with van der Waals surface area (Å²) in [5.41, 5.74) is 1.70. The molecular weight excluding hydrogens is 288 g/mol. The second-order valence-corrected chi connectivity index (χ2v) is 7.52. The number of fused-ring (bicyclic) bond motifs is 1. The van der Waals surface area contributed by atoms with Gasteiger partial charge in [-0.1, -0.05) is 12.1 Å². The Morgan fingerprint density at radius 3 is 2.65 bits per heavy atom. The molecule has 0 unspecified atom stereocenters. The van der Waals surface area contributed by atoms with Crippen LogP contribution in [0.5, 0.6) is 5.75 Å². The van der Waals surface area contributed by atoms with E-state index >= 15 is 0 Å². The van der Waals surface area contributed by atoms with E-state index in [1.807, 2.05) is 50.5 Å². The molecule has 0 aliphatic heterocycles. The van der Waals surface area contributed by atoms with E-state index < -0.39 is 0 Å². The van der Waals surface area contributed by atoms with Gasteiger partial charge in [0.2, 0.25) is 0 Å². The molecule has 1 saturated carbocycles. The average molecular weight is 312 g/mol. The summed E-state index contributed by atoms with van der Waals surface area (Å²) in [4.78, 5) is 17.4. The standard InChI is InChI=1S/C19H24N2O2/c1-12-6-5-7-14-16(12)21(11-13-8-9-13)18(23)15(17(14)22)10-20-19(2,3)4/h5-7,10,13,22H,8-9,11H2,1-4H3. The molecule has 0 saturated heterocycles. The third kappa shape index (κ3) is 3.16. The maximum Gasteiger partial charge on any atom is 0.263 e.